The van der Waals surface area contributed by atoms with Crippen molar-refractivity contribution in [1.29, 1.82) is 0 Å². The molecular formula is C17H18O. The van der Waals surface area contributed by atoms with Crippen LogP contribution in [0.1, 0.15) is 33.5 Å². The minimum atomic E-state index is 0.221. The molecule has 0 heterocycles. The van der Waals surface area contributed by atoms with Crippen LogP contribution in [0, 0.1) is 13.8 Å². The Kier molecular flexibility index (Phi) is 3.93. The van der Waals surface area contributed by atoms with E-state index in [-0.39, 0.29) is 5.78 Å². The summed E-state index contributed by atoms with van der Waals surface area (Å²) in [7, 11) is 0. The molecule has 0 N–H and O–H groups in total. The number of hydrogen-bond donors (Lipinski definition) is 0. The molecule has 1 heteroatoms. The van der Waals surface area contributed by atoms with Gasteiger partial charge in [0.25, 0.3) is 0 Å². The van der Waals surface area contributed by atoms with Crippen molar-refractivity contribution in [2.45, 2.75) is 26.7 Å². The standard InChI is InChI=1S/C17H18O/c1-13-7-9-16(10-8-13)17(18)12-11-15-6-4-3-5-14(15)2/h3-10H,11-12H2,1-2H3. The van der Waals surface area contributed by atoms with Crippen LogP contribution in [-0.2, 0) is 6.42 Å². The van der Waals surface area contributed by atoms with E-state index in [0.717, 1.165) is 12.0 Å². The Labute approximate surface area is 108 Å². The Balaban J connectivity index is 2.01. The van der Waals surface area contributed by atoms with Crippen LogP contribution in [0.2, 0.25) is 0 Å². The largest absolute Gasteiger partial charge is 0.294 e. The second-order valence-corrected chi connectivity index (χ2v) is 4.72. The Morgan fingerprint density at radius 2 is 1.61 bits per heavy atom. The lowest BCUT2D eigenvalue weighted by molar-refractivity contribution is 0.0983. The van der Waals surface area contributed by atoms with E-state index in [1.54, 1.807) is 0 Å². The van der Waals surface area contributed by atoms with Gasteiger partial charge in [-0.3, -0.25) is 4.79 Å². The smallest absolute Gasteiger partial charge is 0.163 e. The van der Waals surface area contributed by atoms with E-state index in [9.17, 15) is 4.79 Å². The van der Waals surface area contributed by atoms with E-state index in [1.165, 1.54) is 16.7 Å². The van der Waals surface area contributed by atoms with Crippen molar-refractivity contribution in [3.05, 3.63) is 70.8 Å². The minimum Gasteiger partial charge on any atom is -0.294 e. The number of ketones is 1. The summed E-state index contributed by atoms with van der Waals surface area (Å²) >= 11 is 0. The quantitative estimate of drug-likeness (QED) is 0.732. The number of aryl methyl sites for hydroxylation is 3. The summed E-state index contributed by atoms with van der Waals surface area (Å²) in [6.45, 7) is 4.12. The summed E-state index contributed by atoms with van der Waals surface area (Å²) in [6.07, 6.45) is 1.40. The maximum atomic E-state index is 12.0. The molecule has 18 heavy (non-hydrogen) atoms. The highest BCUT2D eigenvalue weighted by Gasteiger charge is 2.06. The van der Waals surface area contributed by atoms with Crippen molar-refractivity contribution < 1.29 is 4.79 Å². The molecule has 0 aliphatic rings. The van der Waals surface area contributed by atoms with Gasteiger partial charge in [0.2, 0.25) is 0 Å². The normalized spacial score (nSPS) is 10.3. The molecule has 0 unspecified atom stereocenters. The van der Waals surface area contributed by atoms with Crippen molar-refractivity contribution in [1.82, 2.24) is 0 Å². The van der Waals surface area contributed by atoms with Crippen LogP contribution in [0.3, 0.4) is 0 Å². The number of benzene rings is 2. The predicted octanol–water partition coefficient (Wildman–Crippen LogP) is 4.12. The van der Waals surface area contributed by atoms with Crippen molar-refractivity contribution >= 4 is 5.78 Å². The maximum absolute atomic E-state index is 12.0. The first kappa shape index (κ1) is 12.6. The number of carbonyl (C=O) groups excluding carboxylic acids is 1. The molecule has 0 bridgehead atoms. The molecule has 0 radical (unpaired) electrons. The van der Waals surface area contributed by atoms with E-state index < -0.39 is 0 Å². The molecular weight excluding hydrogens is 220 g/mol. The first-order chi connectivity index (χ1) is 8.66. The first-order valence-corrected chi connectivity index (χ1v) is 6.31. The highest BCUT2D eigenvalue weighted by molar-refractivity contribution is 5.96. The van der Waals surface area contributed by atoms with Gasteiger partial charge in [0.15, 0.2) is 5.78 Å². The molecule has 2 aromatic rings. The molecule has 1 nitrogen and oxygen atoms in total. The van der Waals surface area contributed by atoms with Gasteiger partial charge in [0.05, 0.1) is 0 Å². The van der Waals surface area contributed by atoms with Crippen molar-refractivity contribution in [2.24, 2.45) is 0 Å². The number of Topliss-reactive ketones (excluding diaryl/α,β-unsaturated/α-hetero) is 1. The van der Waals surface area contributed by atoms with E-state index in [2.05, 4.69) is 19.1 Å². The molecule has 0 aromatic heterocycles. The summed E-state index contributed by atoms with van der Waals surface area (Å²) in [5.74, 6) is 0.221. The van der Waals surface area contributed by atoms with E-state index in [0.29, 0.717) is 6.42 Å². The van der Waals surface area contributed by atoms with Crippen molar-refractivity contribution in [3.8, 4) is 0 Å². The summed E-state index contributed by atoms with van der Waals surface area (Å²) in [4.78, 5) is 12.0. The van der Waals surface area contributed by atoms with E-state index in [4.69, 9.17) is 0 Å². The fourth-order valence-corrected chi connectivity index (χ4v) is 2.02. The molecule has 0 fully saturated rings. The molecule has 0 aliphatic carbocycles. The Morgan fingerprint density at radius 1 is 0.944 bits per heavy atom. The van der Waals surface area contributed by atoms with Crippen LogP contribution in [0.4, 0.5) is 0 Å². The Hall–Kier alpha value is -1.89. The fourth-order valence-electron chi connectivity index (χ4n) is 2.02. The summed E-state index contributed by atoms with van der Waals surface area (Å²) in [6, 6.07) is 16.0. The highest BCUT2D eigenvalue weighted by Crippen LogP contribution is 2.12. The van der Waals surface area contributed by atoms with Gasteiger partial charge in [-0.15, -0.1) is 0 Å². The third-order valence-electron chi connectivity index (χ3n) is 3.26. The molecule has 2 rings (SSSR count). The zero-order chi connectivity index (χ0) is 13.0. The van der Waals surface area contributed by atoms with Gasteiger partial charge in [-0.05, 0) is 31.4 Å². The summed E-state index contributed by atoms with van der Waals surface area (Å²) in [5, 5.41) is 0. The number of hydrogen-bond acceptors (Lipinski definition) is 1. The first-order valence-electron chi connectivity index (χ1n) is 6.31. The van der Waals surface area contributed by atoms with Crippen LogP contribution in [-0.4, -0.2) is 5.78 Å². The van der Waals surface area contributed by atoms with Crippen molar-refractivity contribution in [3.63, 3.8) is 0 Å². The van der Waals surface area contributed by atoms with Gasteiger partial charge >= 0.3 is 0 Å². The molecule has 0 atom stereocenters. The van der Waals surface area contributed by atoms with Gasteiger partial charge in [-0.2, -0.15) is 0 Å². The molecule has 0 spiro atoms. The molecule has 0 amide bonds. The highest BCUT2D eigenvalue weighted by atomic mass is 16.1. The van der Waals surface area contributed by atoms with Crippen LogP contribution in [0.5, 0.6) is 0 Å². The lowest BCUT2D eigenvalue weighted by Gasteiger charge is -2.05. The van der Waals surface area contributed by atoms with Crippen LogP contribution in [0.15, 0.2) is 48.5 Å². The van der Waals surface area contributed by atoms with E-state index >= 15 is 0 Å². The molecule has 92 valence electrons. The number of carbonyl (C=O) groups is 1. The monoisotopic (exact) mass is 238 g/mol. The molecule has 0 aliphatic heterocycles. The topological polar surface area (TPSA) is 17.1 Å². The number of rotatable bonds is 4. The SMILES string of the molecule is Cc1ccc(C(=O)CCc2ccccc2C)cc1. The third kappa shape index (κ3) is 3.07. The van der Waals surface area contributed by atoms with E-state index in [1.807, 2.05) is 43.3 Å². The summed E-state index contributed by atoms with van der Waals surface area (Å²) in [5.41, 5.74) is 4.52. The fraction of sp³-hybridized carbons (Fsp3) is 0.235. The van der Waals surface area contributed by atoms with Crippen molar-refractivity contribution in [2.75, 3.05) is 0 Å². The van der Waals surface area contributed by atoms with Crippen LogP contribution in [0.25, 0.3) is 0 Å². The van der Waals surface area contributed by atoms with Gasteiger partial charge in [-0.1, -0.05) is 54.1 Å². The van der Waals surface area contributed by atoms with Gasteiger partial charge in [0.1, 0.15) is 0 Å². The summed E-state index contributed by atoms with van der Waals surface area (Å²) < 4.78 is 0. The average Bonchev–Trinajstić information content (AvgIpc) is 2.38. The predicted molar refractivity (Wildman–Crippen MR) is 75.0 cm³/mol. The average molecular weight is 238 g/mol. The molecule has 2 aromatic carbocycles. The zero-order valence-corrected chi connectivity index (χ0v) is 10.9. The second kappa shape index (κ2) is 5.63. The van der Waals surface area contributed by atoms with Gasteiger partial charge in [0, 0.05) is 12.0 Å². The van der Waals surface area contributed by atoms with Gasteiger partial charge < -0.3 is 0 Å². The Bertz CT molecular complexity index is 538. The van der Waals surface area contributed by atoms with Crippen LogP contribution >= 0.6 is 0 Å². The second-order valence-electron chi connectivity index (χ2n) is 4.72. The lowest BCUT2D eigenvalue weighted by Crippen LogP contribution is -2.02. The lowest BCUT2D eigenvalue weighted by atomic mass is 9.99. The molecule has 0 saturated heterocycles. The molecule has 0 saturated carbocycles. The zero-order valence-electron chi connectivity index (χ0n) is 10.9. The third-order valence-corrected chi connectivity index (χ3v) is 3.26. The van der Waals surface area contributed by atoms with Crippen LogP contribution < -0.4 is 0 Å². The minimum absolute atomic E-state index is 0.221. The Morgan fingerprint density at radius 3 is 2.28 bits per heavy atom. The van der Waals surface area contributed by atoms with Gasteiger partial charge in [-0.25, -0.2) is 0 Å². The maximum Gasteiger partial charge on any atom is 0.163 e.